The highest BCUT2D eigenvalue weighted by Gasteiger charge is 2.04. The lowest BCUT2D eigenvalue weighted by molar-refractivity contribution is -0.111. The van der Waals surface area contributed by atoms with Gasteiger partial charge in [0.25, 0.3) is 0 Å². The number of carbonyl (C=O) groups is 1. The highest BCUT2D eigenvalue weighted by Crippen LogP contribution is 2.21. The van der Waals surface area contributed by atoms with Crippen molar-refractivity contribution in [3.63, 3.8) is 0 Å². The lowest BCUT2D eigenvalue weighted by Crippen LogP contribution is -2.07. The molecule has 0 fully saturated rings. The highest BCUT2D eigenvalue weighted by atomic mass is 16.5. The molecule has 0 aliphatic heterocycles. The molecule has 0 bridgehead atoms. The topological polar surface area (TPSA) is 81.9 Å². The minimum atomic E-state index is -0.206. The van der Waals surface area contributed by atoms with Gasteiger partial charge >= 0.3 is 0 Å². The summed E-state index contributed by atoms with van der Waals surface area (Å²) >= 11 is 0. The van der Waals surface area contributed by atoms with Crippen LogP contribution in [0.1, 0.15) is 5.56 Å². The number of benzene rings is 2. The van der Waals surface area contributed by atoms with Crippen molar-refractivity contribution in [1.29, 1.82) is 0 Å². The summed E-state index contributed by atoms with van der Waals surface area (Å²) in [7, 11) is 0. The molecule has 4 rings (SSSR count). The predicted octanol–water partition coefficient (Wildman–Crippen LogP) is 4.11. The second kappa shape index (κ2) is 8.62. The number of carbonyl (C=O) groups excluding carboxylic acids is 1. The first-order valence-electron chi connectivity index (χ1n) is 8.92. The molecule has 7 heteroatoms. The molecule has 2 heterocycles. The Morgan fingerprint density at radius 3 is 2.45 bits per heavy atom. The van der Waals surface area contributed by atoms with E-state index < -0.39 is 0 Å². The zero-order valence-electron chi connectivity index (χ0n) is 15.3. The van der Waals surface area contributed by atoms with E-state index in [-0.39, 0.29) is 5.91 Å². The lowest BCUT2D eigenvalue weighted by atomic mass is 10.2. The molecule has 0 spiro atoms. The summed E-state index contributed by atoms with van der Waals surface area (Å²) in [6.07, 6.45) is 6.71. The van der Waals surface area contributed by atoms with Crippen LogP contribution in [0.2, 0.25) is 0 Å². The van der Waals surface area contributed by atoms with Gasteiger partial charge in [-0.15, -0.1) is 10.2 Å². The van der Waals surface area contributed by atoms with Crippen LogP contribution in [0.15, 0.2) is 91.3 Å². The van der Waals surface area contributed by atoms with E-state index >= 15 is 0 Å². The quantitative estimate of drug-likeness (QED) is 0.507. The highest BCUT2D eigenvalue weighted by molar-refractivity contribution is 6.01. The third kappa shape index (κ3) is 4.92. The Bertz CT molecular complexity index is 1090. The van der Waals surface area contributed by atoms with Crippen LogP contribution in [-0.4, -0.2) is 25.9 Å². The van der Waals surface area contributed by atoms with E-state index in [4.69, 9.17) is 4.74 Å². The number of hydrogen-bond acceptors (Lipinski definition) is 5. The van der Waals surface area contributed by atoms with Gasteiger partial charge in [0.15, 0.2) is 5.82 Å². The molecule has 7 nitrogen and oxygen atoms in total. The van der Waals surface area contributed by atoms with Gasteiger partial charge in [-0.25, -0.2) is 4.68 Å². The summed E-state index contributed by atoms with van der Waals surface area (Å²) in [6, 6.07) is 21.9. The maximum absolute atomic E-state index is 12.0. The lowest BCUT2D eigenvalue weighted by Gasteiger charge is -2.07. The summed E-state index contributed by atoms with van der Waals surface area (Å²) in [6.45, 7) is 0. The maximum Gasteiger partial charge on any atom is 0.248 e. The van der Waals surface area contributed by atoms with Crippen molar-refractivity contribution < 1.29 is 9.53 Å². The smallest absolute Gasteiger partial charge is 0.248 e. The van der Waals surface area contributed by atoms with Gasteiger partial charge in [0, 0.05) is 30.2 Å². The van der Waals surface area contributed by atoms with Crippen molar-refractivity contribution in [2.75, 3.05) is 5.32 Å². The van der Waals surface area contributed by atoms with Gasteiger partial charge in [-0.1, -0.05) is 30.3 Å². The van der Waals surface area contributed by atoms with E-state index in [1.165, 1.54) is 6.08 Å². The molecule has 0 saturated heterocycles. The van der Waals surface area contributed by atoms with Crippen LogP contribution in [0.4, 0.5) is 5.69 Å². The molecule has 0 atom stereocenters. The molecule has 142 valence electrons. The largest absolute Gasteiger partial charge is 0.438 e. The van der Waals surface area contributed by atoms with Crippen molar-refractivity contribution in [2.45, 2.75) is 0 Å². The average molecular weight is 383 g/mol. The van der Waals surface area contributed by atoms with Crippen LogP contribution in [0.5, 0.6) is 11.6 Å². The summed E-state index contributed by atoms with van der Waals surface area (Å²) in [4.78, 5) is 12.0. The maximum atomic E-state index is 12.0. The van der Waals surface area contributed by atoms with Crippen LogP contribution in [-0.2, 0) is 4.79 Å². The van der Waals surface area contributed by atoms with E-state index in [1.807, 2.05) is 36.4 Å². The van der Waals surface area contributed by atoms with E-state index in [0.717, 1.165) is 5.56 Å². The standard InChI is InChI=1S/C22H17N5O2/c28-21(13-7-17-5-2-1-3-6-17)24-18-8-10-19(11-9-18)29-22-14-12-20(25-26-22)27-16-4-15-23-27/h1-16H,(H,24,28)/b13-7+. The van der Waals surface area contributed by atoms with Crippen LogP contribution in [0.25, 0.3) is 11.9 Å². The molecule has 0 radical (unpaired) electrons. The van der Waals surface area contributed by atoms with Crippen molar-refractivity contribution >= 4 is 17.7 Å². The van der Waals surface area contributed by atoms with Gasteiger partial charge in [-0.3, -0.25) is 4.79 Å². The van der Waals surface area contributed by atoms with Crippen LogP contribution in [0, 0.1) is 0 Å². The number of ether oxygens (including phenoxy) is 1. The van der Waals surface area contributed by atoms with Gasteiger partial charge < -0.3 is 10.1 Å². The van der Waals surface area contributed by atoms with Crippen molar-refractivity contribution in [3.8, 4) is 17.4 Å². The molecule has 29 heavy (non-hydrogen) atoms. The summed E-state index contributed by atoms with van der Waals surface area (Å²) in [5.74, 6) is 1.35. The van der Waals surface area contributed by atoms with Crippen molar-refractivity contribution in [3.05, 3.63) is 96.8 Å². The Kier molecular flexibility index (Phi) is 5.39. The predicted molar refractivity (Wildman–Crippen MR) is 110 cm³/mol. The molecule has 0 saturated carbocycles. The molecule has 2 aromatic carbocycles. The number of amides is 1. The average Bonchev–Trinajstić information content (AvgIpc) is 3.30. The first kappa shape index (κ1) is 18.1. The summed E-state index contributed by atoms with van der Waals surface area (Å²) in [5, 5.41) is 15.0. The van der Waals surface area contributed by atoms with Gasteiger partial charge in [0.2, 0.25) is 11.8 Å². The molecule has 1 N–H and O–H groups in total. The van der Waals surface area contributed by atoms with E-state index in [2.05, 4.69) is 20.6 Å². The Hall–Kier alpha value is -4.26. The zero-order chi connectivity index (χ0) is 19.9. The number of anilines is 1. The third-order valence-electron chi connectivity index (χ3n) is 3.94. The van der Waals surface area contributed by atoms with Crippen molar-refractivity contribution in [2.24, 2.45) is 0 Å². The second-order valence-electron chi connectivity index (χ2n) is 6.04. The molecule has 0 aliphatic carbocycles. The minimum absolute atomic E-state index is 0.206. The van der Waals surface area contributed by atoms with Gasteiger partial charge in [0.1, 0.15) is 5.75 Å². The zero-order valence-corrected chi connectivity index (χ0v) is 15.3. The Morgan fingerprint density at radius 2 is 1.76 bits per heavy atom. The molecule has 1 amide bonds. The minimum Gasteiger partial charge on any atom is -0.438 e. The normalized spacial score (nSPS) is 10.8. The first-order chi connectivity index (χ1) is 14.3. The van der Waals surface area contributed by atoms with E-state index in [9.17, 15) is 4.79 Å². The molecule has 0 unspecified atom stereocenters. The summed E-state index contributed by atoms with van der Waals surface area (Å²) < 4.78 is 7.30. The van der Waals surface area contributed by atoms with Gasteiger partial charge in [-0.05, 0) is 48.0 Å². The van der Waals surface area contributed by atoms with E-state index in [1.54, 1.807) is 59.5 Å². The van der Waals surface area contributed by atoms with Crippen LogP contribution < -0.4 is 10.1 Å². The number of nitrogens with one attached hydrogen (secondary N) is 1. The molecular formula is C22H17N5O2. The number of aromatic nitrogens is 4. The Labute approximate surface area is 167 Å². The number of rotatable bonds is 6. The van der Waals surface area contributed by atoms with E-state index in [0.29, 0.717) is 23.1 Å². The Balaban J connectivity index is 1.34. The fourth-order valence-electron chi connectivity index (χ4n) is 2.54. The van der Waals surface area contributed by atoms with Crippen molar-refractivity contribution in [1.82, 2.24) is 20.0 Å². The number of hydrogen-bond donors (Lipinski definition) is 1. The SMILES string of the molecule is O=C(/C=C/c1ccccc1)Nc1ccc(Oc2ccc(-n3cccn3)nn2)cc1. The molecule has 0 aliphatic rings. The fourth-order valence-corrected chi connectivity index (χ4v) is 2.54. The number of nitrogens with zero attached hydrogens (tertiary/aromatic N) is 4. The first-order valence-corrected chi connectivity index (χ1v) is 8.92. The third-order valence-corrected chi connectivity index (χ3v) is 3.94. The second-order valence-corrected chi connectivity index (χ2v) is 6.04. The summed E-state index contributed by atoms with van der Waals surface area (Å²) in [5.41, 5.74) is 1.63. The molecule has 2 aromatic heterocycles. The van der Waals surface area contributed by atoms with Crippen LogP contribution in [0.3, 0.4) is 0 Å². The fraction of sp³-hybridized carbons (Fsp3) is 0. The van der Waals surface area contributed by atoms with Crippen LogP contribution >= 0.6 is 0 Å². The molecular weight excluding hydrogens is 366 g/mol. The molecule has 4 aromatic rings. The van der Waals surface area contributed by atoms with Gasteiger partial charge in [-0.2, -0.15) is 5.10 Å². The Morgan fingerprint density at radius 1 is 0.931 bits per heavy atom. The van der Waals surface area contributed by atoms with Gasteiger partial charge in [0.05, 0.1) is 0 Å². The monoisotopic (exact) mass is 383 g/mol.